The number of carbonyl (C=O) groups excluding carboxylic acids is 1. The summed E-state index contributed by atoms with van der Waals surface area (Å²) in [5, 5.41) is 6.18. The fraction of sp³-hybridized carbons (Fsp3) is 0.909. The standard InChI is InChI=1S/C11H22N2O.ClH/c1-2-3-4-5-8-13-11(14)10-7-6-9-12-10;/h10,12H,2-9H2,1H3,(H,13,14);1H/t10-;/m0./s1. The van der Waals surface area contributed by atoms with E-state index in [9.17, 15) is 4.79 Å². The van der Waals surface area contributed by atoms with Crippen molar-refractivity contribution >= 4 is 18.3 Å². The largest absolute Gasteiger partial charge is 0.355 e. The minimum atomic E-state index is 0. The highest BCUT2D eigenvalue weighted by molar-refractivity contribution is 5.85. The molecule has 1 heterocycles. The van der Waals surface area contributed by atoms with Crippen LogP contribution in [-0.4, -0.2) is 25.0 Å². The number of hydrogen-bond donors (Lipinski definition) is 2. The third-order valence-corrected chi connectivity index (χ3v) is 2.71. The molecule has 90 valence electrons. The highest BCUT2D eigenvalue weighted by Gasteiger charge is 2.20. The molecule has 0 bridgehead atoms. The first-order valence-corrected chi connectivity index (χ1v) is 5.85. The fourth-order valence-corrected chi connectivity index (χ4v) is 1.79. The van der Waals surface area contributed by atoms with Crippen LogP contribution in [0, 0.1) is 0 Å². The van der Waals surface area contributed by atoms with E-state index < -0.39 is 0 Å². The van der Waals surface area contributed by atoms with Crippen LogP contribution in [0.4, 0.5) is 0 Å². The molecule has 0 unspecified atom stereocenters. The zero-order valence-corrected chi connectivity index (χ0v) is 10.4. The molecule has 1 amide bonds. The van der Waals surface area contributed by atoms with Crippen molar-refractivity contribution in [2.45, 2.75) is 51.5 Å². The number of rotatable bonds is 6. The fourth-order valence-electron chi connectivity index (χ4n) is 1.79. The van der Waals surface area contributed by atoms with Gasteiger partial charge in [0.05, 0.1) is 6.04 Å². The van der Waals surface area contributed by atoms with E-state index in [-0.39, 0.29) is 24.4 Å². The highest BCUT2D eigenvalue weighted by Crippen LogP contribution is 2.04. The Morgan fingerprint density at radius 2 is 2.20 bits per heavy atom. The third-order valence-electron chi connectivity index (χ3n) is 2.71. The van der Waals surface area contributed by atoms with Crippen LogP contribution >= 0.6 is 12.4 Å². The van der Waals surface area contributed by atoms with Gasteiger partial charge in [0.2, 0.25) is 5.91 Å². The first-order chi connectivity index (χ1) is 6.84. The van der Waals surface area contributed by atoms with Gasteiger partial charge in [0, 0.05) is 6.54 Å². The molecule has 1 aliphatic rings. The minimum absolute atomic E-state index is 0. The summed E-state index contributed by atoms with van der Waals surface area (Å²) < 4.78 is 0. The number of amides is 1. The summed E-state index contributed by atoms with van der Waals surface area (Å²) in [4.78, 5) is 11.5. The molecule has 15 heavy (non-hydrogen) atoms. The van der Waals surface area contributed by atoms with E-state index in [1.54, 1.807) is 0 Å². The minimum Gasteiger partial charge on any atom is -0.355 e. The SMILES string of the molecule is CCCCCCNC(=O)[C@@H]1CCCN1.Cl. The maximum Gasteiger partial charge on any atom is 0.237 e. The van der Waals surface area contributed by atoms with Gasteiger partial charge in [-0.2, -0.15) is 0 Å². The van der Waals surface area contributed by atoms with Gasteiger partial charge in [-0.05, 0) is 25.8 Å². The molecule has 1 rings (SSSR count). The Bertz CT molecular complexity index is 170. The van der Waals surface area contributed by atoms with E-state index in [4.69, 9.17) is 0 Å². The molecule has 0 spiro atoms. The zero-order valence-electron chi connectivity index (χ0n) is 9.55. The summed E-state index contributed by atoms with van der Waals surface area (Å²) in [5.74, 6) is 0.194. The summed E-state index contributed by atoms with van der Waals surface area (Å²) >= 11 is 0. The zero-order chi connectivity index (χ0) is 10.2. The average molecular weight is 235 g/mol. The predicted molar refractivity (Wildman–Crippen MR) is 65.4 cm³/mol. The number of hydrogen-bond acceptors (Lipinski definition) is 2. The lowest BCUT2D eigenvalue weighted by atomic mass is 10.2. The van der Waals surface area contributed by atoms with E-state index in [0.717, 1.165) is 32.4 Å². The summed E-state index contributed by atoms with van der Waals surface area (Å²) in [6.07, 6.45) is 7.01. The van der Waals surface area contributed by atoms with Crippen molar-refractivity contribution in [3.63, 3.8) is 0 Å². The van der Waals surface area contributed by atoms with Gasteiger partial charge in [0.15, 0.2) is 0 Å². The molecule has 1 aliphatic heterocycles. The van der Waals surface area contributed by atoms with E-state index in [0.29, 0.717) is 0 Å². The van der Waals surface area contributed by atoms with E-state index in [2.05, 4.69) is 17.6 Å². The maximum atomic E-state index is 11.5. The van der Waals surface area contributed by atoms with Crippen LogP contribution < -0.4 is 10.6 Å². The Morgan fingerprint density at radius 3 is 2.80 bits per heavy atom. The van der Waals surface area contributed by atoms with Crippen LogP contribution in [0.2, 0.25) is 0 Å². The molecule has 4 heteroatoms. The smallest absolute Gasteiger partial charge is 0.237 e. The Balaban J connectivity index is 0.00000196. The van der Waals surface area contributed by atoms with Crippen molar-refractivity contribution in [2.24, 2.45) is 0 Å². The number of unbranched alkanes of at least 4 members (excludes halogenated alkanes) is 3. The number of halogens is 1. The van der Waals surface area contributed by atoms with Crippen molar-refractivity contribution in [3.8, 4) is 0 Å². The quantitative estimate of drug-likeness (QED) is 0.689. The Hall–Kier alpha value is -0.280. The summed E-state index contributed by atoms with van der Waals surface area (Å²) in [6, 6.07) is 0.0844. The van der Waals surface area contributed by atoms with Gasteiger partial charge in [-0.15, -0.1) is 12.4 Å². The Kier molecular flexibility index (Phi) is 8.82. The first-order valence-electron chi connectivity index (χ1n) is 5.85. The molecule has 3 nitrogen and oxygen atoms in total. The van der Waals surface area contributed by atoms with E-state index in [1.165, 1.54) is 19.3 Å². The van der Waals surface area contributed by atoms with Crippen LogP contribution in [0.5, 0.6) is 0 Å². The van der Waals surface area contributed by atoms with Crippen molar-refractivity contribution in [2.75, 3.05) is 13.1 Å². The summed E-state index contributed by atoms with van der Waals surface area (Å²) in [6.45, 7) is 4.03. The molecule has 2 N–H and O–H groups in total. The molecule has 0 radical (unpaired) electrons. The number of nitrogens with one attached hydrogen (secondary N) is 2. The van der Waals surface area contributed by atoms with E-state index >= 15 is 0 Å². The van der Waals surface area contributed by atoms with Gasteiger partial charge in [0.1, 0.15) is 0 Å². The molecule has 1 atom stereocenters. The lowest BCUT2D eigenvalue weighted by molar-refractivity contribution is -0.122. The van der Waals surface area contributed by atoms with Crippen molar-refractivity contribution < 1.29 is 4.79 Å². The number of carbonyl (C=O) groups is 1. The van der Waals surface area contributed by atoms with Crippen LogP contribution in [-0.2, 0) is 4.79 Å². The highest BCUT2D eigenvalue weighted by atomic mass is 35.5. The summed E-state index contributed by atoms with van der Waals surface area (Å²) in [7, 11) is 0. The van der Waals surface area contributed by atoms with Crippen molar-refractivity contribution in [1.82, 2.24) is 10.6 Å². The Morgan fingerprint density at radius 1 is 1.40 bits per heavy atom. The average Bonchev–Trinajstić information content (AvgIpc) is 2.70. The second-order valence-corrected chi connectivity index (χ2v) is 4.00. The van der Waals surface area contributed by atoms with Crippen LogP contribution in [0.15, 0.2) is 0 Å². The monoisotopic (exact) mass is 234 g/mol. The normalized spacial score (nSPS) is 19.7. The van der Waals surface area contributed by atoms with Crippen LogP contribution in [0.1, 0.15) is 45.4 Å². The molecule has 0 aromatic carbocycles. The topological polar surface area (TPSA) is 41.1 Å². The van der Waals surface area contributed by atoms with Gasteiger partial charge >= 0.3 is 0 Å². The second-order valence-electron chi connectivity index (χ2n) is 4.00. The third kappa shape index (κ3) is 6.00. The lowest BCUT2D eigenvalue weighted by Gasteiger charge is -2.10. The molecule has 1 fully saturated rings. The maximum absolute atomic E-state index is 11.5. The van der Waals surface area contributed by atoms with Crippen molar-refractivity contribution in [1.29, 1.82) is 0 Å². The van der Waals surface area contributed by atoms with Crippen LogP contribution in [0.25, 0.3) is 0 Å². The molecule has 0 aliphatic carbocycles. The van der Waals surface area contributed by atoms with E-state index in [1.807, 2.05) is 0 Å². The van der Waals surface area contributed by atoms with Gasteiger partial charge in [-0.3, -0.25) is 4.79 Å². The molecular weight excluding hydrogens is 212 g/mol. The van der Waals surface area contributed by atoms with Gasteiger partial charge in [0.25, 0.3) is 0 Å². The van der Waals surface area contributed by atoms with Gasteiger partial charge < -0.3 is 10.6 Å². The van der Waals surface area contributed by atoms with Gasteiger partial charge in [-0.1, -0.05) is 26.2 Å². The van der Waals surface area contributed by atoms with Crippen molar-refractivity contribution in [3.05, 3.63) is 0 Å². The first kappa shape index (κ1) is 14.7. The Labute approximate surface area is 98.8 Å². The van der Waals surface area contributed by atoms with Crippen LogP contribution in [0.3, 0.4) is 0 Å². The molecule has 1 saturated heterocycles. The lowest BCUT2D eigenvalue weighted by Crippen LogP contribution is -2.40. The second kappa shape index (κ2) is 8.98. The molecular formula is C11H23ClN2O. The molecule has 0 aromatic rings. The van der Waals surface area contributed by atoms with Gasteiger partial charge in [-0.25, -0.2) is 0 Å². The predicted octanol–water partition coefficient (Wildman–Crippen LogP) is 1.86. The summed E-state index contributed by atoms with van der Waals surface area (Å²) in [5.41, 5.74) is 0. The molecule has 0 saturated carbocycles. The molecule has 0 aromatic heterocycles.